The van der Waals surface area contributed by atoms with Crippen LogP contribution in [0.4, 0.5) is 0 Å². The summed E-state index contributed by atoms with van der Waals surface area (Å²) in [7, 11) is 0. The molecular weight excluding hydrogens is 478 g/mol. The highest BCUT2D eigenvalue weighted by atomic mass is 16.3. The minimum atomic E-state index is 0.154. The van der Waals surface area contributed by atoms with E-state index < -0.39 is 0 Å². The number of nitrogens with zero attached hydrogens (tertiary/aromatic N) is 3. The lowest BCUT2D eigenvalue weighted by molar-refractivity contribution is 0.172. The first kappa shape index (κ1) is 25.0. The first-order valence-corrected chi connectivity index (χ1v) is 15.4. The van der Waals surface area contributed by atoms with Gasteiger partial charge in [0, 0.05) is 52.7 Å². The summed E-state index contributed by atoms with van der Waals surface area (Å²) in [6, 6.07) is 14.2. The van der Waals surface area contributed by atoms with Crippen molar-refractivity contribution in [2.75, 3.05) is 13.1 Å². The van der Waals surface area contributed by atoms with E-state index in [-0.39, 0.29) is 5.76 Å². The van der Waals surface area contributed by atoms with Crippen LogP contribution in [0.25, 0.3) is 38.8 Å². The van der Waals surface area contributed by atoms with E-state index in [1.54, 1.807) is 11.1 Å². The van der Waals surface area contributed by atoms with E-state index in [1.807, 2.05) is 0 Å². The summed E-state index contributed by atoms with van der Waals surface area (Å²) in [6.45, 7) is 12.9. The molecule has 0 bridgehead atoms. The zero-order valence-corrected chi connectivity index (χ0v) is 23.8. The van der Waals surface area contributed by atoms with E-state index >= 15 is 0 Å². The number of aliphatic hydroxyl groups is 1. The van der Waals surface area contributed by atoms with Gasteiger partial charge in [-0.05, 0) is 88.1 Å². The van der Waals surface area contributed by atoms with Crippen molar-refractivity contribution < 1.29 is 5.11 Å². The SMILES string of the molecule is C=C(O)c1ccc2c(C3CCCCC3)c3n(c2c1)CCCn1cc(C2CCN(C(C)C)CC2)c2cccc-3c21. The second-order valence-corrected chi connectivity index (χ2v) is 12.7. The molecule has 1 aliphatic carbocycles. The fourth-order valence-corrected chi connectivity index (χ4v) is 8.09. The van der Waals surface area contributed by atoms with E-state index in [2.05, 4.69) is 77.1 Å². The van der Waals surface area contributed by atoms with Crippen LogP contribution in [-0.4, -0.2) is 38.3 Å². The van der Waals surface area contributed by atoms with Crippen LogP contribution in [0.3, 0.4) is 0 Å². The molecule has 2 aliphatic heterocycles. The van der Waals surface area contributed by atoms with Gasteiger partial charge in [0.15, 0.2) is 0 Å². The van der Waals surface area contributed by atoms with E-state index in [1.165, 1.54) is 91.1 Å². The van der Waals surface area contributed by atoms with Gasteiger partial charge in [-0.25, -0.2) is 0 Å². The molecule has 2 aromatic heterocycles. The molecule has 0 amide bonds. The van der Waals surface area contributed by atoms with Crippen molar-refractivity contribution in [1.29, 1.82) is 0 Å². The summed E-state index contributed by atoms with van der Waals surface area (Å²) < 4.78 is 5.19. The number of hydrogen-bond acceptors (Lipinski definition) is 2. The lowest BCUT2D eigenvalue weighted by Gasteiger charge is -2.34. The normalized spacial score (nSPS) is 19.5. The fourth-order valence-electron chi connectivity index (χ4n) is 8.09. The van der Waals surface area contributed by atoms with Gasteiger partial charge in [0.2, 0.25) is 0 Å². The van der Waals surface area contributed by atoms with Crippen molar-refractivity contribution in [3.8, 4) is 11.3 Å². The van der Waals surface area contributed by atoms with Crippen molar-refractivity contribution >= 4 is 27.6 Å². The monoisotopic (exact) mass is 521 g/mol. The maximum absolute atomic E-state index is 10.3. The number of rotatable bonds is 4. The van der Waals surface area contributed by atoms with Crippen LogP contribution in [0.2, 0.25) is 0 Å². The van der Waals surface area contributed by atoms with Crippen molar-refractivity contribution in [2.24, 2.45) is 0 Å². The minimum absolute atomic E-state index is 0.154. The molecule has 2 aromatic carbocycles. The third-order valence-electron chi connectivity index (χ3n) is 10.1. The van der Waals surface area contributed by atoms with Gasteiger partial charge in [-0.3, -0.25) is 0 Å². The van der Waals surface area contributed by atoms with Crippen LogP contribution in [0.1, 0.15) is 93.7 Å². The standard InChI is InChI=1S/C35H43N3O/c1-23(2)36-19-15-25(16-20-36)31-22-37-17-8-18-38-32-21-27(24(3)39)13-14-29(32)33(26-9-5-4-6-10-26)35(38)30-12-7-11-28(31)34(30)37/h7,11-14,21-23,25-26,39H,3-6,8-10,15-20H2,1-2H3. The highest BCUT2D eigenvalue weighted by Crippen LogP contribution is 2.48. The molecule has 0 unspecified atom stereocenters. The van der Waals surface area contributed by atoms with Crippen LogP contribution in [0.5, 0.6) is 0 Å². The minimum Gasteiger partial charge on any atom is -0.508 e. The molecule has 7 rings (SSSR count). The summed E-state index contributed by atoms with van der Waals surface area (Å²) in [5.41, 5.74) is 9.48. The molecule has 3 aliphatic rings. The molecule has 1 N–H and O–H groups in total. The highest BCUT2D eigenvalue weighted by molar-refractivity contribution is 6.02. The number of likely N-dealkylation sites (tertiary alicyclic amines) is 1. The van der Waals surface area contributed by atoms with Gasteiger partial charge in [-0.1, -0.05) is 56.2 Å². The van der Waals surface area contributed by atoms with Crippen LogP contribution >= 0.6 is 0 Å². The van der Waals surface area contributed by atoms with E-state index in [4.69, 9.17) is 0 Å². The second kappa shape index (κ2) is 9.89. The Balaban J connectivity index is 1.44. The number of aryl methyl sites for hydroxylation is 2. The predicted molar refractivity (Wildman–Crippen MR) is 164 cm³/mol. The third-order valence-corrected chi connectivity index (χ3v) is 10.1. The maximum atomic E-state index is 10.3. The molecule has 2 fully saturated rings. The van der Waals surface area contributed by atoms with Gasteiger partial charge in [0.1, 0.15) is 5.76 Å². The molecule has 4 heterocycles. The Morgan fingerprint density at radius 1 is 0.872 bits per heavy atom. The van der Waals surface area contributed by atoms with E-state index in [9.17, 15) is 5.11 Å². The molecule has 4 aromatic rings. The van der Waals surface area contributed by atoms with Gasteiger partial charge in [-0.2, -0.15) is 0 Å². The Morgan fingerprint density at radius 3 is 2.41 bits per heavy atom. The third kappa shape index (κ3) is 4.14. The van der Waals surface area contributed by atoms with Gasteiger partial charge in [0.25, 0.3) is 0 Å². The zero-order chi connectivity index (χ0) is 26.7. The summed E-state index contributed by atoms with van der Waals surface area (Å²) in [5, 5.41) is 13.1. The lowest BCUT2D eigenvalue weighted by atomic mass is 9.81. The number of hydrogen-bond donors (Lipinski definition) is 1. The molecule has 204 valence electrons. The largest absolute Gasteiger partial charge is 0.508 e. The van der Waals surface area contributed by atoms with Crippen molar-refractivity contribution in [2.45, 2.75) is 96.2 Å². The quantitative estimate of drug-likeness (QED) is 0.272. The fraction of sp³-hybridized carbons (Fsp3) is 0.486. The van der Waals surface area contributed by atoms with Gasteiger partial charge in [-0.15, -0.1) is 0 Å². The van der Waals surface area contributed by atoms with Gasteiger partial charge >= 0.3 is 0 Å². The van der Waals surface area contributed by atoms with Crippen molar-refractivity contribution in [1.82, 2.24) is 14.0 Å². The number of para-hydroxylation sites is 1. The molecule has 1 saturated carbocycles. The van der Waals surface area contributed by atoms with E-state index in [0.29, 0.717) is 17.9 Å². The van der Waals surface area contributed by atoms with Gasteiger partial charge in [0.05, 0.1) is 11.2 Å². The number of piperidine rings is 1. The lowest BCUT2D eigenvalue weighted by Crippen LogP contribution is -2.37. The Bertz CT molecular complexity index is 1540. The Labute approximate surface area is 232 Å². The zero-order valence-electron chi connectivity index (χ0n) is 23.8. The Morgan fingerprint density at radius 2 is 1.67 bits per heavy atom. The topological polar surface area (TPSA) is 33.3 Å². The first-order valence-electron chi connectivity index (χ1n) is 15.4. The second-order valence-electron chi connectivity index (χ2n) is 12.7. The highest BCUT2D eigenvalue weighted by Gasteiger charge is 2.31. The number of aliphatic hydroxyl groups excluding tert-OH is 1. The average molecular weight is 522 g/mol. The predicted octanol–water partition coefficient (Wildman–Crippen LogP) is 8.83. The van der Waals surface area contributed by atoms with Crippen molar-refractivity contribution in [3.63, 3.8) is 0 Å². The van der Waals surface area contributed by atoms with Crippen LogP contribution < -0.4 is 0 Å². The smallest absolute Gasteiger partial charge is 0.115 e. The average Bonchev–Trinajstić information content (AvgIpc) is 3.48. The molecule has 0 radical (unpaired) electrons. The molecular formula is C35H43N3O. The molecule has 1 saturated heterocycles. The molecule has 4 heteroatoms. The summed E-state index contributed by atoms with van der Waals surface area (Å²) in [6.07, 6.45) is 12.7. The first-order chi connectivity index (χ1) is 19.0. The molecule has 0 atom stereocenters. The summed E-state index contributed by atoms with van der Waals surface area (Å²) >= 11 is 0. The number of benzene rings is 2. The van der Waals surface area contributed by atoms with Crippen molar-refractivity contribution in [3.05, 3.63) is 65.9 Å². The van der Waals surface area contributed by atoms with Gasteiger partial charge < -0.3 is 19.1 Å². The molecule has 4 nitrogen and oxygen atoms in total. The Hall–Kier alpha value is -2.98. The van der Waals surface area contributed by atoms with E-state index in [0.717, 1.165) is 25.1 Å². The molecule has 39 heavy (non-hydrogen) atoms. The Kier molecular flexibility index (Phi) is 6.34. The summed E-state index contributed by atoms with van der Waals surface area (Å²) in [5.74, 6) is 1.39. The van der Waals surface area contributed by atoms with Crippen LogP contribution in [-0.2, 0) is 13.1 Å². The molecule has 0 spiro atoms. The van der Waals surface area contributed by atoms with Crippen LogP contribution in [0.15, 0.2) is 49.2 Å². The summed E-state index contributed by atoms with van der Waals surface area (Å²) in [4.78, 5) is 2.64. The maximum Gasteiger partial charge on any atom is 0.115 e. The number of fused-ring (bicyclic) bond motifs is 4. The van der Waals surface area contributed by atoms with Crippen LogP contribution in [0, 0.1) is 0 Å². The number of aromatic nitrogens is 2.